The fraction of sp³-hybridized carbons (Fsp3) is 0.706. The zero-order valence-corrected chi connectivity index (χ0v) is 16.7. The van der Waals surface area contributed by atoms with Crippen LogP contribution in [0, 0.1) is 12.8 Å². The van der Waals surface area contributed by atoms with E-state index in [1.165, 1.54) is 25.7 Å². The number of halogens is 1. The first-order valence-electron chi connectivity index (χ1n) is 8.32. The standard InChI is InChI=1S/C17H29N3O2.HI/c1-4-18-16(19-11-5-6-14-8-9-14)20-12-17(3,21)15-10-7-13(2)22-15;/h7,10,14,21H,4-6,8-9,11-12H2,1-3H3,(H2,18,19,20);1H. The first kappa shape index (κ1) is 20.3. The molecule has 1 fully saturated rings. The van der Waals surface area contributed by atoms with E-state index in [1.807, 2.05) is 19.9 Å². The molecule has 0 spiro atoms. The number of furan rings is 1. The van der Waals surface area contributed by atoms with Gasteiger partial charge in [-0.2, -0.15) is 0 Å². The molecule has 1 aromatic rings. The minimum absolute atomic E-state index is 0. The molecule has 1 heterocycles. The van der Waals surface area contributed by atoms with E-state index in [4.69, 9.17) is 4.42 Å². The highest BCUT2D eigenvalue weighted by Crippen LogP contribution is 2.33. The van der Waals surface area contributed by atoms with Crippen LogP contribution in [0.5, 0.6) is 0 Å². The Hall–Kier alpha value is -0.760. The molecule has 132 valence electrons. The smallest absolute Gasteiger partial charge is 0.191 e. The van der Waals surface area contributed by atoms with Crippen LogP contribution in [-0.2, 0) is 5.60 Å². The largest absolute Gasteiger partial charge is 0.463 e. The van der Waals surface area contributed by atoms with Gasteiger partial charge in [-0.1, -0.05) is 12.8 Å². The molecule has 0 aliphatic heterocycles. The van der Waals surface area contributed by atoms with E-state index in [2.05, 4.69) is 15.6 Å². The zero-order valence-electron chi connectivity index (χ0n) is 14.4. The van der Waals surface area contributed by atoms with Crippen LogP contribution in [-0.4, -0.2) is 30.7 Å². The van der Waals surface area contributed by atoms with Gasteiger partial charge in [0.2, 0.25) is 0 Å². The predicted octanol–water partition coefficient (Wildman–Crippen LogP) is 3.16. The summed E-state index contributed by atoms with van der Waals surface area (Å²) in [5.74, 6) is 3.06. The second kappa shape index (κ2) is 9.52. The Bertz CT molecular complexity index is 496. The Kier molecular flexibility index (Phi) is 8.39. The average Bonchev–Trinajstić information content (AvgIpc) is 3.20. The average molecular weight is 435 g/mol. The van der Waals surface area contributed by atoms with Crippen LogP contribution >= 0.6 is 24.0 Å². The Labute approximate surface area is 156 Å². The Morgan fingerprint density at radius 2 is 2.13 bits per heavy atom. The third-order valence-electron chi connectivity index (χ3n) is 3.94. The van der Waals surface area contributed by atoms with E-state index >= 15 is 0 Å². The molecular weight excluding hydrogens is 405 g/mol. The molecule has 0 amide bonds. The highest BCUT2D eigenvalue weighted by molar-refractivity contribution is 14.0. The van der Waals surface area contributed by atoms with E-state index < -0.39 is 5.60 Å². The van der Waals surface area contributed by atoms with Crippen molar-refractivity contribution in [1.82, 2.24) is 10.6 Å². The summed E-state index contributed by atoms with van der Waals surface area (Å²) >= 11 is 0. The lowest BCUT2D eigenvalue weighted by Gasteiger charge is -2.19. The second-order valence-electron chi connectivity index (χ2n) is 6.39. The van der Waals surface area contributed by atoms with Crippen LogP contribution < -0.4 is 10.6 Å². The number of hydrogen-bond acceptors (Lipinski definition) is 3. The van der Waals surface area contributed by atoms with Gasteiger partial charge in [0.15, 0.2) is 5.96 Å². The molecule has 0 aromatic carbocycles. The van der Waals surface area contributed by atoms with Crippen LogP contribution in [0.3, 0.4) is 0 Å². The molecule has 1 aliphatic rings. The van der Waals surface area contributed by atoms with E-state index in [1.54, 1.807) is 13.0 Å². The molecule has 5 nitrogen and oxygen atoms in total. The van der Waals surface area contributed by atoms with E-state index in [9.17, 15) is 5.11 Å². The third kappa shape index (κ3) is 7.12. The maximum absolute atomic E-state index is 10.5. The number of aliphatic imine (C=N–C) groups is 1. The minimum atomic E-state index is -1.09. The van der Waals surface area contributed by atoms with E-state index in [0.717, 1.165) is 30.7 Å². The van der Waals surface area contributed by atoms with Gasteiger partial charge in [0.05, 0.1) is 6.54 Å². The lowest BCUT2D eigenvalue weighted by Crippen LogP contribution is -2.39. The van der Waals surface area contributed by atoms with Gasteiger partial charge in [-0.15, -0.1) is 24.0 Å². The van der Waals surface area contributed by atoms with Gasteiger partial charge in [-0.3, -0.25) is 0 Å². The number of guanidine groups is 1. The molecule has 23 heavy (non-hydrogen) atoms. The molecule has 0 radical (unpaired) electrons. The van der Waals surface area contributed by atoms with Crippen molar-refractivity contribution in [3.63, 3.8) is 0 Å². The van der Waals surface area contributed by atoms with Crippen molar-refractivity contribution in [3.8, 4) is 0 Å². The second-order valence-corrected chi connectivity index (χ2v) is 6.39. The quantitative estimate of drug-likeness (QED) is 0.254. The molecular formula is C17H30IN3O2. The van der Waals surface area contributed by atoms with Gasteiger partial charge in [-0.25, -0.2) is 4.99 Å². The Morgan fingerprint density at radius 3 is 2.70 bits per heavy atom. The van der Waals surface area contributed by atoms with Gasteiger partial charge in [0, 0.05) is 13.1 Å². The Balaban J connectivity index is 0.00000264. The maximum Gasteiger partial charge on any atom is 0.191 e. The van der Waals surface area contributed by atoms with Gasteiger partial charge >= 0.3 is 0 Å². The van der Waals surface area contributed by atoms with Crippen molar-refractivity contribution < 1.29 is 9.52 Å². The normalized spacial score (nSPS) is 17.3. The summed E-state index contributed by atoms with van der Waals surface area (Å²) in [6.07, 6.45) is 5.28. The number of hydrogen-bond donors (Lipinski definition) is 3. The molecule has 2 rings (SSSR count). The molecule has 0 saturated heterocycles. The first-order chi connectivity index (χ1) is 10.5. The van der Waals surface area contributed by atoms with Crippen molar-refractivity contribution in [2.75, 3.05) is 19.6 Å². The van der Waals surface area contributed by atoms with Crippen molar-refractivity contribution in [2.45, 2.75) is 52.1 Å². The number of nitrogens with one attached hydrogen (secondary N) is 2. The minimum Gasteiger partial charge on any atom is -0.463 e. The van der Waals surface area contributed by atoms with Crippen LogP contribution in [0.25, 0.3) is 0 Å². The molecule has 0 bridgehead atoms. The van der Waals surface area contributed by atoms with Crippen LogP contribution in [0.4, 0.5) is 0 Å². The van der Waals surface area contributed by atoms with Gasteiger partial charge in [0.25, 0.3) is 0 Å². The summed E-state index contributed by atoms with van der Waals surface area (Å²) in [4.78, 5) is 4.49. The molecule has 1 atom stereocenters. The summed E-state index contributed by atoms with van der Waals surface area (Å²) in [7, 11) is 0. The fourth-order valence-corrected chi connectivity index (χ4v) is 2.38. The van der Waals surface area contributed by atoms with E-state index in [-0.39, 0.29) is 30.5 Å². The van der Waals surface area contributed by atoms with Crippen LogP contribution in [0.1, 0.15) is 51.1 Å². The van der Waals surface area contributed by atoms with Crippen LogP contribution in [0.2, 0.25) is 0 Å². The lowest BCUT2D eigenvalue weighted by atomic mass is 10.0. The van der Waals surface area contributed by atoms with Crippen molar-refractivity contribution in [2.24, 2.45) is 10.9 Å². The summed E-state index contributed by atoms with van der Waals surface area (Å²) in [6.45, 7) is 7.62. The van der Waals surface area contributed by atoms with Gasteiger partial charge in [-0.05, 0) is 51.7 Å². The highest BCUT2D eigenvalue weighted by Gasteiger charge is 2.26. The molecule has 3 N–H and O–H groups in total. The fourth-order valence-electron chi connectivity index (χ4n) is 2.38. The van der Waals surface area contributed by atoms with Crippen molar-refractivity contribution in [1.29, 1.82) is 0 Å². The topological polar surface area (TPSA) is 69.8 Å². The molecule has 1 saturated carbocycles. The zero-order chi connectivity index (χ0) is 16.0. The van der Waals surface area contributed by atoms with Gasteiger partial charge in [0.1, 0.15) is 17.1 Å². The van der Waals surface area contributed by atoms with Crippen molar-refractivity contribution in [3.05, 3.63) is 23.7 Å². The summed E-state index contributed by atoms with van der Waals surface area (Å²) in [5, 5.41) is 17.1. The van der Waals surface area contributed by atoms with Crippen molar-refractivity contribution >= 4 is 29.9 Å². The molecule has 1 aliphatic carbocycles. The number of nitrogens with zero attached hydrogens (tertiary/aromatic N) is 1. The van der Waals surface area contributed by atoms with E-state index in [0.29, 0.717) is 5.76 Å². The monoisotopic (exact) mass is 435 g/mol. The first-order valence-corrected chi connectivity index (χ1v) is 8.32. The molecule has 6 heteroatoms. The maximum atomic E-state index is 10.5. The summed E-state index contributed by atoms with van der Waals surface area (Å²) < 4.78 is 5.51. The lowest BCUT2D eigenvalue weighted by molar-refractivity contribution is 0.0428. The van der Waals surface area contributed by atoms with Crippen LogP contribution in [0.15, 0.2) is 21.5 Å². The predicted molar refractivity (Wildman–Crippen MR) is 104 cm³/mol. The highest BCUT2D eigenvalue weighted by atomic mass is 127. The number of aryl methyl sites for hydroxylation is 1. The molecule has 1 unspecified atom stereocenters. The third-order valence-corrected chi connectivity index (χ3v) is 3.94. The number of rotatable bonds is 8. The Morgan fingerprint density at radius 1 is 1.39 bits per heavy atom. The molecule has 1 aromatic heterocycles. The number of aliphatic hydroxyl groups is 1. The summed E-state index contributed by atoms with van der Waals surface area (Å²) in [6, 6.07) is 3.66. The SMILES string of the molecule is CCNC(=NCC(C)(O)c1ccc(C)o1)NCCCC1CC1.I. The summed E-state index contributed by atoms with van der Waals surface area (Å²) in [5.41, 5.74) is -1.09. The van der Waals surface area contributed by atoms with Gasteiger partial charge < -0.3 is 20.2 Å².